The van der Waals surface area contributed by atoms with E-state index in [0.717, 1.165) is 20.0 Å². The zero-order valence-electron chi connectivity index (χ0n) is 16.3. The van der Waals surface area contributed by atoms with Crippen molar-refractivity contribution >= 4 is 73.5 Å². The molecule has 31 heavy (non-hydrogen) atoms. The first-order chi connectivity index (χ1) is 15.0. The number of hydrogen-bond donors (Lipinski definition) is 2. The Morgan fingerprint density at radius 3 is 2.84 bits per heavy atom. The Labute approximate surface area is 202 Å². The summed E-state index contributed by atoms with van der Waals surface area (Å²) in [6.07, 6.45) is 1.78. The fraction of sp³-hybridized carbons (Fsp3) is 0.190. The van der Waals surface area contributed by atoms with Crippen LogP contribution in [0.3, 0.4) is 0 Å². The van der Waals surface area contributed by atoms with E-state index in [-0.39, 0.29) is 24.6 Å². The van der Waals surface area contributed by atoms with Crippen LogP contribution >= 0.6 is 51.1 Å². The van der Waals surface area contributed by atoms with Gasteiger partial charge >= 0.3 is 0 Å². The number of thiocarbonyl (C=S) groups is 1. The molecule has 2 aromatic heterocycles. The fourth-order valence-corrected chi connectivity index (χ4v) is 5.60. The maximum Gasteiger partial charge on any atom is 0.250 e. The van der Waals surface area contributed by atoms with Crippen molar-refractivity contribution in [1.29, 1.82) is 0 Å². The van der Waals surface area contributed by atoms with Crippen LogP contribution in [-0.2, 0) is 9.53 Å². The number of halogens is 2. The summed E-state index contributed by atoms with van der Waals surface area (Å²) in [5.74, 6) is -0.271. The topological polar surface area (TPSA) is 66.5 Å². The van der Waals surface area contributed by atoms with Gasteiger partial charge in [-0.3, -0.25) is 9.78 Å². The fourth-order valence-electron chi connectivity index (χ4n) is 3.48. The standard InChI is InChI=1S/C21H18BrClN4O2S2/c1-29-11-18(28)25-14-6-5-12(10-13(14)23)27-20(16-7-8-17(22)31-16)19(26-21(27)30)15-4-2-3-9-24-15/h2-10,19-20H,11H2,1H3,(H,25,28)(H,26,30)/t19-,20-/m0/s1. The second kappa shape index (κ2) is 9.62. The molecule has 4 rings (SSSR count). The predicted molar refractivity (Wildman–Crippen MR) is 132 cm³/mol. The van der Waals surface area contributed by atoms with Gasteiger partial charge in [0.05, 0.1) is 32.3 Å². The number of nitrogens with one attached hydrogen (secondary N) is 2. The molecule has 2 N–H and O–H groups in total. The van der Waals surface area contributed by atoms with Crippen molar-refractivity contribution in [3.63, 3.8) is 0 Å². The first kappa shape index (κ1) is 22.2. The molecule has 160 valence electrons. The van der Waals surface area contributed by atoms with Crippen LogP contribution in [0, 0.1) is 0 Å². The number of thiophene rings is 1. The lowest BCUT2D eigenvalue weighted by molar-refractivity contribution is -0.119. The number of benzene rings is 1. The molecule has 2 atom stereocenters. The van der Waals surface area contributed by atoms with Crippen LogP contribution in [0.1, 0.15) is 22.7 Å². The van der Waals surface area contributed by atoms with Crippen LogP contribution in [0.5, 0.6) is 0 Å². The van der Waals surface area contributed by atoms with Crippen molar-refractivity contribution in [3.05, 3.63) is 74.1 Å². The van der Waals surface area contributed by atoms with Gasteiger partial charge in [-0.25, -0.2) is 0 Å². The third-order valence-corrected chi connectivity index (χ3v) is 7.09. The minimum atomic E-state index is -0.271. The number of methoxy groups -OCH3 is 1. The molecule has 0 aliphatic carbocycles. The highest BCUT2D eigenvalue weighted by molar-refractivity contribution is 9.11. The summed E-state index contributed by atoms with van der Waals surface area (Å²) in [6.45, 7) is -0.0424. The summed E-state index contributed by atoms with van der Waals surface area (Å²) in [4.78, 5) is 19.6. The van der Waals surface area contributed by atoms with Gasteiger partial charge in [0.25, 0.3) is 0 Å². The average molecular weight is 538 g/mol. The monoisotopic (exact) mass is 536 g/mol. The van der Waals surface area contributed by atoms with E-state index in [2.05, 4.69) is 37.6 Å². The van der Waals surface area contributed by atoms with E-state index in [9.17, 15) is 4.79 Å². The van der Waals surface area contributed by atoms with Crippen molar-refractivity contribution < 1.29 is 9.53 Å². The molecule has 3 aromatic rings. The van der Waals surface area contributed by atoms with Crippen molar-refractivity contribution in [2.24, 2.45) is 0 Å². The lowest BCUT2D eigenvalue weighted by Gasteiger charge is -2.27. The van der Waals surface area contributed by atoms with Crippen LogP contribution in [0.25, 0.3) is 0 Å². The zero-order chi connectivity index (χ0) is 22.0. The maximum atomic E-state index is 11.9. The molecule has 1 amide bonds. The number of anilines is 2. The number of ether oxygens (including phenoxy) is 1. The van der Waals surface area contributed by atoms with Gasteiger partial charge in [0.15, 0.2) is 5.11 Å². The van der Waals surface area contributed by atoms with Gasteiger partial charge in [0.1, 0.15) is 6.61 Å². The van der Waals surface area contributed by atoms with E-state index in [1.807, 2.05) is 35.2 Å². The first-order valence-electron chi connectivity index (χ1n) is 9.32. The van der Waals surface area contributed by atoms with E-state index >= 15 is 0 Å². The van der Waals surface area contributed by atoms with Gasteiger partial charge in [-0.05, 0) is 70.6 Å². The second-order valence-corrected chi connectivity index (χ2v) is 10.1. The highest BCUT2D eigenvalue weighted by Gasteiger charge is 2.41. The van der Waals surface area contributed by atoms with Crippen molar-refractivity contribution in [2.45, 2.75) is 12.1 Å². The van der Waals surface area contributed by atoms with Crippen LogP contribution in [0.4, 0.5) is 11.4 Å². The minimum absolute atomic E-state index is 0.0424. The van der Waals surface area contributed by atoms with Crippen LogP contribution < -0.4 is 15.5 Å². The molecule has 1 fully saturated rings. The van der Waals surface area contributed by atoms with Crippen molar-refractivity contribution in [2.75, 3.05) is 23.9 Å². The molecule has 1 aromatic carbocycles. The highest BCUT2D eigenvalue weighted by atomic mass is 79.9. The summed E-state index contributed by atoms with van der Waals surface area (Å²) < 4.78 is 5.89. The Hall–Kier alpha value is -2.04. The first-order valence-corrected chi connectivity index (χ1v) is 11.7. The smallest absolute Gasteiger partial charge is 0.250 e. The Kier molecular flexibility index (Phi) is 6.88. The largest absolute Gasteiger partial charge is 0.375 e. The number of pyridine rings is 1. The van der Waals surface area contributed by atoms with Gasteiger partial charge in [-0.1, -0.05) is 17.7 Å². The number of carbonyl (C=O) groups is 1. The normalized spacial score (nSPS) is 18.2. The Balaban J connectivity index is 1.71. The van der Waals surface area contributed by atoms with Crippen LogP contribution in [-0.4, -0.2) is 29.7 Å². The third kappa shape index (κ3) is 4.75. The van der Waals surface area contributed by atoms with Gasteiger partial charge < -0.3 is 20.3 Å². The summed E-state index contributed by atoms with van der Waals surface area (Å²) in [6, 6.07) is 15.2. The summed E-state index contributed by atoms with van der Waals surface area (Å²) in [5.41, 5.74) is 2.24. The van der Waals surface area contributed by atoms with E-state index in [1.54, 1.807) is 29.7 Å². The quantitative estimate of drug-likeness (QED) is 0.415. The van der Waals surface area contributed by atoms with Crippen LogP contribution in [0.2, 0.25) is 5.02 Å². The van der Waals surface area contributed by atoms with E-state index in [0.29, 0.717) is 15.8 Å². The summed E-state index contributed by atoms with van der Waals surface area (Å²) >= 11 is 17.4. The van der Waals surface area contributed by atoms with E-state index in [4.69, 9.17) is 28.6 Å². The van der Waals surface area contributed by atoms with E-state index < -0.39 is 0 Å². The van der Waals surface area contributed by atoms with Gasteiger partial charge in [-0.2, -0.15) is 0 Å². The molecule has 6 nitrogen and oxygen atoms in total. The Bertz CT molecular complexity index is 1110. The molecule has 0 radical (unpaired) electrons. The Morgan fingerprint density at radius 2 is 2.19 bits per heavy atom. The minimum Gasteiger partial charge on any atom is -0.375 e. The SMILES string of the molecule is COCC(=O)Nc1ccc(N2C(=S)N[C@@H](c3ccccn3)[C@@H]2c2ccc(Br)s2)cc1Cl. The molecule has 0 bridgehead atoms. The third-order valence-electron chi connectivity index (χ3n) is 4.76. The van der Waals surface area contributed by atoms with Gasteiger partial charge in [-0.15, -0.1) is 11.3 Å². The summed E-state index contributed by atoms with van der Waals surface area (Å²) in [7, 11) is 1.46. The molecule has 1 aliphatic rings. The number of rotatable bonds is 6. The number of amides is 1. The molecule has 0 saturated carbocycles. The number of carbonyl (C=O) groups excluding carboxylic acids is 1. The maximum absolute atomic E-state index is 11.9. The molecule has 10 heteroatoms. The number of aromatic nitrogens is 1. The number of nitrogens with zero attached hydrogens (tertiary/aromatic N) is 2. The molecule has 1 saturated heterocycles. The highest BCUT2D eigenvalue weighted by Crippen LogP contribution is 2.45. The lowest BCUT2D eigenvalue weighted by Crippen LogP contribution is -2.29. The van der Waals surface area contributed by atoms with Crippen molar-refractivity contribution in [1.82, 2.24) is 10.3 Å². The van der Waals surface area contributed by atoms with Crippen LogP contribution in [0.15, 0.2) is 58.5 Å². The molecular weight excluding hydrogens is 520 g/mol. The zero-order valence-corrected chi connectivity index (χ0v) is 20.3. The molecule has 0 spiro atoms. The second-order valence-electron chi connectivity index (χ2n) is 6.78. The van der Waals surface area contributed by atoms with Crippen molar-refractivity contribution in [3.8, 4) is 0 Å². The molecule has 1 aliphatic heterocycles. The predicted octanol–water partition coefficient (Wildman–Crippen LogP) is 5.32. The van der Waals surface area contributed by atoms with E-state index in [1.165, 1.54) is 7.11 Å². The summed E-state index contributed by atoms with van der Waals surface area (Å²) in [5, 5.41) is 7.16. The number of hydrogen-bond acceptors (Lipinski definition) is 5. The van der Waals surface area contributed by atoms with Gasteiger partial charge in [0.2, 0.25) is 5.91 Å². The molecule has 0 unspecified atom stereocenters. The Morgan fingerprint density at radius 1 is 1.35 bits per heavy atom. The average Bonchev–Trinajstić information content (AvgIpc) is 3.33. The molecule has 3 heterocycles. The lowest BCUT2D eigenvalue weighted by atomic mass is 10.0. The molecular formula is C21H18BrClN4O2S2. The van der Waals surface area contributed by atoms with Gasteiger partial charge in [0, 0.05) is 23.9 Å².